The molecule has 212 valence electrons. The fraction of sp³-hybridized carbons (Fsp3) is 0.533. The Morgan fingerprint density at radius 2 is 1.79 bits per heavy atom. The van der Waals surface area contributed by atoms with E-state index in [4.69, 9.17) is 23.2 Å². The highest BCUT2D eigenvalue weighted by Gasteiger charge is 2.37. The third-order valence-electron chi connectivity index (χ3n) is 7.65. The summed E-state index contributed by atoms with van der Waals surface area (Å²) in [4.78, 5) is 32.4. The number of nitrogens with zero attached hydrogens (tertiary/aromatic N) is 3. The van der Waals surface area contributed by atoms with Crippen molar-refractivity contribution in [3.05, 3.63) is 63.4 Å². The predicted molar refractivity (Wildman–Crippen MR) is 156 cm³/mol. The molecule has 0 aromatic heterocycles. The number of amides is 2. The average Bonchev–Trinajstić information content (AvgIpc) is 3.33. The molecule has 9 heteroatoms. The number of nitrogens with one attached hydrogen (secondary N) is 1. The zero-order valence-corrected chi connectivity index (χ0v) is 24.6. The van der Waals surface area contributed by atoms with E-state index in [2.05, 4.69) is 31.0 Å². The summed E-state index contributed by atoms with van der Waals surface area (Å²) in [5.41, 5.74) is 2.77. The first-order valence-corrected chi connectivity index (χ1v) is 14.7. The van der Waals surface area contributed by atoms with Gasteiger partial charge in [-0.15, -0.1) is 0 Å². The molecule has 6 nitrogen and oxygen atoms in total. The van der Waals surface area contributed by atoms with Crippen molar-refractivity contribution in [2.24, 2.45) is 5.92 Å². The standard InChI is InChI=1S/C30H39Cl2FN4O2/c1-4-34-26(16-20(2)3)24-19-23(33)9-10-27(24)35-12-14-36(15-13-35)30(39)28(37-11-5-6-29(37)38)17-21-7-8-22(31)18-25(21)32/h7-10,18-20,26,28,34H,4-6,11-17H2,1-3H3. The molecule has 1 N–H and O–H groups in total. The van der Waals surface area contributed by atoms with Gasteiger partial charge in [0.25, 0.3) is 0 Å². The molecule has 2 aromatic carbocycles. The highest BCUT2D eigenvalue weighted by atomic mass is 35.5. The van der Waals surface area contributed by atoms with Gasteiger partial charge >= 0.3 is 0 Å². The topological polar surface area (TPSA) is 55.9 Å². The second kappa shape index (κ2) is 13.3. The van der Waals surface area contributed by atoms with Crippen LogP contribution >= 0.6 is 23.2 Å². The van der Waals surface area contributed by atoms with E-state index in [1.807, 2.05) is 17.0 Å². The normalized spacial score (nSPS) is 17.7. The van der Waals surface area contributed by atoms with E-state index in [1.54, 1.807) is 23.1 Å². The Morgan fingerprint density at radius 1 is 1.05 bits per heavy atom. The van der Waals surface area contributed by atoms with Gasteiger partial charge in [-0.1, -0.05) is 50.0 Å². The highest BCUT2D eigenvalue weighted by Crippen LogP contribution is 2.32. The first-order chi connectivity index (χ1) is 18.7. The van der Waals surface area contributed by atoms with Gasteiger partial charge in [0.15, 0.2) is 0 Å². The Bertz CT molecular complexity index is 1170. The molecule has 2 atom stereocenters. The van der Waals surface area contributed by atoms with Gasteiger partial charge in [-0.2, -0.15) is 0 Å². The summed E-state index contributed by atoms with van der Waals surface area (Å²) >= 11 is 12.5. The maximum Gasteiger partial charge on any atom is 0.245 e. The van der Waals surface area contributed by atoms with Crippen LogP contribution in [0.25, 0.3) is 0 Å². The summed E-state index contributed by atoms with van der Waals surface area (Å²) in [6.07, 6.45) is 2.47. The van der Waals surface area contributed by atoms with Crippen LogP contribution in [0.1, 0.15) is 57.2 Å². The van der Waals surface area contributed by atoms with Crippen LogP contribution in [0.2, 0.25) is 10.0 Å². The van der Waals surface area contributed by atoms with Gasteiger partial charge in [0.1, 0.15) is 11.9 Å². The highest BCUT2D eigenvalue weighted by molar-refractivity contribution is 6.35. The monoisotopic (exact) mass is 576 g/mol. The number of halogens is 3. The summed E-state index contributed by atoms with van der Waals surface area (Å²) < 4.78 is 14.4. The van der Waals surface area contributed by atoms with Gasteiger partial charge in [0.05, 0.1) is 0 Å². The van der Waals surface area contributed by atoms with Crippen molar-refractivity contribution in [2.75, 3.05) is 44.2 Å². The molecule has 39 heavy (non-hydrogen) atoms. The van der Waals surface area contributed by atoms with Crippen molar-refractivity contribution in [1.29, 1.82) is 0 Å². The number of carbonyl (C=O) groups is 2. The van der Waals surface area contributed by atoms with E-state index in [-0.39, 0.29) is 23.7 Å². The maximum absolute atomic E-state index is 14.4. The lowest BCUT2D eigenvalue weighted by Gasteiger charge is -2.40. The summed E-state index contributed by atoms with van der Waals surface area (Å²) in [7, 11) is 0. The molecule has 2 aliphatic rings. The molecular weight excluding hydrogens is 538 g/mol. The molecule has 0 bridgehead atoms. The lowest BCUT2D eigenvalue weighted by atomic mass is 9.94. The van der Waals surface area contributed by atoms with Gasteiger partial charge in [0, 0.05) is 67.3 Å². The SMILES string of the molecule is CCNC(CC(C)C)c1cc(F)ccc1N1CCN(C(=O)C(Cc2ccc(Cl)cc2Cl)N2CCCC2=O)CC1. The molecule has 2 unspecified atom stereocenters. The smallest absolute Gasteiger partial charge is 0.245 e. The van der Waals surface area contributed by atoms with Gasteiger partial charge < -0.3 is 20.0 Å². The fourth-order valence-electron chi connectivity index (χ4n) is 5.73. The van der Waals surface area contributed by atoms with Crippen LogP contribution in [0.15, 0.2) is 36.4 Å². The molecular formula is C30H39Cl2FN4O2. The second-order valence-corrected chi connectivity index (χ2v) is 11.7. The summed E-state index contributed by atoms with van der Waals surface area (Å²) in [6, 6.07) is 9.73. The number of rotatable bonds is 10. The van der Waals surface area contributed by atoms with Gasteiger partial charge in [0.2, 0.25) is 11.8 Å². The van der Waals surface area contributed by atoms with Crippen molar-refractivity contribution in [3.8, 4) is 0 Å². The lowest BCUT2D eigenvalue weighted by Crippen LogP contribution is -2.56. The quantitative estimate of drug-likeness (QED) is 0.393. The number of hydrogen-bond donors (Lipinski definition) is 1. The van der Waals surface area contributed by atoms with Gasteiger partial charge in [-0.05, 0) is 66.8 Å². The molecule has 2 aliphatic heterocycles. The minimum atomic E-state index is -0.601. The summed E-state index contributed by atoms with van der Waals surface area (Å²) in [5.74, 6) is 0.167. The molecule has 0 spiro atoms. The van der Waals surface area contributed by atoms with Crippen LogP contribution in [-0.2, 0) is 16.0 Å². The van der Waals surface area contributed by atoms with E-state index < -0.39 is 6.04 Å². The van der Waals surface area contributed by atoms with Crippen LogP contribution in [0, 0.1) is 11.7 Å². The zero-order valence-electron chi connectivity index (χ0n) is 23.1. The van der Waals surface area contributed by atoms with E-state index >= 15 is 0 Å². The second-order valence-electron chi connectivity index (χ2n) is 10.9. The summed E-state index contributed by atoms with van der Waals surface area (Å²) in [5, 5.41) is 4.56. The van der Waals surface area contributed by atoms with E-state index in [1.165, 1.54) is 6.07 Å². The Kier molecular flexibility index (Phi) is 10.1. The molecule has 0 saturated carbocycles. The van der Waals surface area contributed by atoms with Crippen molar-refractivity contribution >= 4 is 40.7 Å². The minimum Gasteiger partial charge on any atom is -0.368 e. The van der Waals surface area contributed by atoms with Crippen LogP contribution in [0.5, 0.6) is 0 Å². The molecule has 2 aromatic rings. The zero-order chi connectivity index (χ0) is 28.1. The fourth-order valence-corrected chi connectivity index (χ4v) is 6.22. The number of benzene rings is 2. The van der Waals surface area contributed by atoms with E-state index in [0.29, 0.717) is 61.5 Å². The molecule has 2 fully saturated rings. The van der Waals surface area contributed by atoms with Gasteiger partial charge in [-0.3, -0.25) is 9.59 Å². The Hall–Kier alpha value is -2.35. The van der Waals surface area contributed by atoms with Crippen molar-refractivity contribution in [2.45, 2.75) is 58.5 Å². The average molecular weight is 578 g/mol. The van der Waals surface area contributed by atoms with E-state index in [0.717, 1.165) is 36.2 Å². The number of piperazine rings is 1. The molecule has 2 amide bonds. The largest absolute Gasteiger partial charge is 0.368 e. The van der Waals surface area contributed by atoms with Crippen molar-refractivity contribution in [3.63, 3.8) is 0 Å². The predicted octanol–water partition coefficient (Wildman–Crippen LogP) is 5.71. The molecule has 0 radical (unpaired) electrons. The molecule has 2 saturated heterocycles. The van der Waals surface area contributed by atoms with Crippen LogP contribution < -0.4 is 10.2 Å². The van der Waals surface area contributed by atoms with Gasteiger partial charge in [-0.25, -0.2) is 4.39 Å². The third kappa shape index (κ3) is 7.24. The Balaban J connectivity index is 1.51. The number of anilines is 1. The number of likely N-dealkylation sites (tertiary alicyclic amines) is 1. The molecule has 4 rings (SSSR count). The first-order valence-electron chi connectivity index (χ1n) is 14.0. The lowest BCUT2D eigenvalue weighted by molar-refractivity contribution is -0.143. The Morgan fingerprint density at radius 3 is 2.41 bits per heavy atom. The van der Waals surface area contributed by atoms with E-state index in [9.17, 15) is 14.0 Å². The maximum atomic E-state index is 14.4. The molecule has 0 aliphatic carbocycles. The van der Waals surface area contributed by atoms with Crippen molar-refractivity contribution < 1.29 is 14.0 Å². The van der Waals surface area contributed by atoms with Crippen LogP contribution in [0.4, 0.5) is 10.1 Å². The number of carbonyl (C=O) groups excluding carboxylic acids is 2. The summed E-state index contributed by atoms with van der Waals surface area (Å²) in [6.45, 7) is 10.1. The number of hydrogen-bond acceptors (Lipinski definition) is 4. The third-order valence-corrected chi connectivity index (χ3v) is 8.24. The van der Waals surface area contributed by atoms with Crippen molar-refractivity contribution in [1.82, 2.24) is 15.1 Å². The first kappa shape index (κ1) is 29.6. The molecule has 2 heterocycles. The minimum absolute atomic E-state index is 0.00708. The van der Waals surface area contributed by atoms with Crippen LogP contribution in [0.3, 0.4) is 0 Å². The van der Waals surface area contributed by atoms with Crippen LogP contribution in [-0.4, -0.2) is 66.9 Å². The Labute approximate surface area is 241 Å².